The monoisotopic (exact) mass is 321 g/mol. The fourth-order valence-corrected chi connectivity index (χ4v) is 2.47. The van der Waals surface area contributed by atoms with Crippen LogP contribution in [0.4, 0.5) is 5.69 Å². The maximum atomic E-state index is 12.5. The van der Waals surface area contributed by atoms with Gasteiger partial charge in [0.15, 0.2) is 0 Å². The van der Waals surface area contributed by atoms with Gasteiger partial charge in [-0.05, 0) is 60.0 Å². The number of rotatable bonds is 3. The van der Waals surface area contributed by atoms with Crippen molar-refractivity contribution >= 4 is 27.5 Å². The summed E-state index contributed by atoms with van der Waals surface area (Å²) in [5.74, 6) is -0.0862. The summed E-state index contributed by atoms with van der Waals surface area (Å²) in [5, 5.41) is 6.60. The highest BCUT2D eigenvalue weighted by atomic mass is 79.9. The van der Waals surface area contributed by atoms with Crippen LogP contribution < -0.4 is 4.90 Å². The molecular weight excluding hydrogens is 306 g/mol. The normalized spacial score (nSPS) is 10.5. The molecule has 0 aliphatic heterocycles. The second-order valence-corrected chi connectivity index (χ2v) is 5.34. The molecule has 2 aromatic rings. The van der Waals surface area contributed by atoms with Crippen LogP contribution in [0, 0.1) is 13.8 Å². The number of H-pyrrole nitrogens is 1. The first kappa shape index (κ1) is 13.8. The molecule has 0 unspecified atom stereocenters. The fraction of sp³-hybridized carbons (Fsp3) is 0.286. The number of hydrogen-bond acceptors (Lipinski definition) is 2. The van der Waals surface area contributed by atoms with Gasteiger partial charge in [-0.15, -0.1) is 0 Å². The minimum atomic E-state index is -0.0862. The molecule has 5 heteroatoms. The maximum Gasteiger partial charge on any atom is 0.277 e. The lowest BCUT2D eigenvalue weighted by atomic mass is 10.1. The zero-order chi connectivity index (χ0) is 14.0. The Morgan fingerprint density at radius 2 is 1.95 bits per heavy atom. The Morgan fingerprint density at radius 3 is 2.42 bits per heavy atom. The molecule has 0 bridgehead atoms. The molecule has 0 aliphatic rings. The zero-order valence-electron chi connectivity index (χ0n) is 11.2. The molecular formula is C14H16BrN3O. The number of carbonyl (C=O) groups excluding carboxylic acids is 1. The van der Waals surface area contributed by atoms with E-state index in [9.17, 15) is 4.79 Å². The van der Waals surface area contributed by atoms with Crippen LogP contribution in [0.15, 0.2) is 28.9 Å². The van der Waals surface area contributed by atoms with Crippen molar-refractivity contribution in [1.29, 1.82) is 0 Å². The zero-order valence-corrected chi connectivity index (χ0v) is 12.8. The number of nitrogens with one attached hydrogen (secondary N) is 1. The van der Waals surface area contributed by atoms with Crippen LogP contribution in [0.3, 0.4) is 0 Å². The van der Waals surface area contributed by atoms with Gasteiger partial charge in [0.25, 0.3) is 5.91 Å². The first-order valence-electron chi connectivity index (χ1n) is 6.12. The lowest BCUT2D eigenvalue weighted by Crippen LogP contribution is -2.31. The average Bonchev–Trinajstić information content (AvgIpc) is 2.75. The molecule has 0 saturated heterocycles. The Bertz CT molecular complexity index is 586. The summed E-state index contributed by atoms with van der Waals surface area (Å²) in [6.45, 7) is 6.62. The van der Waals surface area contributed by atoms with Crippen LogP contribution in [0.2, 0.25) is 0 Å². The molecule has 4 nitrogen and oxygen atoms in total. The second-order valence-electron chi connectivity index (χ2n) is 4.49. The number of carbonyl (C=O) groups is 1. The maximum absolute atomic E-state index is 12.5. The van der Waals surface area contributed by atoms with E-state index >= 15 is 0 Å². The van der Waals surface area contributed by atoms with Crippen LogP contribution in [0.25, 0.3) is 0 Å². The van der Waals surface area contributed by atoms with Crippen molar-refractivity contribution in [1.82, 2.24) is 10.2 Å². The Kier molecular flexibility index (Phi) is 4.04. The third kappa shape index (κ3) is 2.87. The number of halogens is 1. The summed E-state index contributed by atoms with van der Waals surface area (Å²) in [7, 11) is 0. The van der Waals surface area contributed by atoms with E-state index in [1.807, 2.05) is 32.9 Å². The predicted octanol–water partition coefficient (Wildman–Crippen LogP) is 3.46. The van der Waals surface area contributed by atoms with Crippen LogP contribution in [0.5, 0.6) is 0 Å². The Balaban J connectivity index is 2.40. The summed E-state index contributed by atoms with van der Waals surface area (Å²) < 4.78 is 0.681. The number of amides is 1. The van der Waals surface area contributed by atoms with Gasteiger partial charge in [0.05, 0.1) is 10.7 Å². The first-order chi connectivity index (χ1) is 9.02. The van der Waals surface area contributed by atoms with E-state index in [0.29, 0.717) is 16.7 Å². The molecule has 1 N–H and O–H groups in total. The molecule has 0 saturated carbocycles. The van der Waals surface area contributed by atoms with E-state index < -0.39 is 0 Å². The highest BCUT2D eigenvalue weighted by Gasteiger charge is 2.20. The number of anilines is 1. The highest BCUT2D eigenvalue weighted by Crippen LogP contribution is 2.22. The van der Waals surface area contributed by atoms with E-state index in [2.05, 4.69) is 32.2 Å². The van der Waals surface area contributed by atoms with Gasteiger partial charge < -0.3 is 4.90 Å². The molecule has 0 radical (unpaired) electrons. The largest absolute Gasteiger partial charge is 0.307 e. The molecule has 100 valence electrons. The summed E-state index contributed by atoms with van der Waals surface area (Å²) in [5.41, 5.74) is 3.67. The molecule has 2 rings (SSSR count). The van der Waals surface area contributed by atoms with E-state index in [4.69, 9.17) is 0 Å². The predicted molar refractivity (Wildman–Crippen MR) is 79.6 cm³/mol. The quantitative estimate of drug-likeness (QED) is 0.941. The van der Waals surface area contributed by atoms with Gasteiger partial charge in [-0.2, -0.15) is 5.10 Å². The number of hydrogen-bond donors (Lipinski definition) is 1. The highest BCUT2D eigenvalue weighted by molar-refractivity contribution is 9.10. The lowest BCUT2D eigenvalue weighted by molar-refractivity contribution is 0.0983. The van der Waals surface area contributed by atoms with Gasteiger partial charge in [-0.25, -0.2) is 0 Å². The summed E-state index contributed by atoms with van der Waals surface area (Å²) in [6, 6.07) is 6.12. The van der Waals surface area contributed by atoms with Gasteiger partial charge in [-0.1, -0.05) is 6.07 Å². The van der Waals surface area contributed by atoms with Crippen molar-refractivity contribution < 1.29 is 4.79 Å². The third-order valence-electron chi connectivity index (χ3n) is 2.89. The minimum Gasteiger partial charge on any atom is -0.307 e. The summed E-state index contributed by atoms with van der Waals surface area (Å²) in [6.07, 6.45) is 1.59. The van der Waals surface area contributed by atoms with E-state index in [0.717, 1.165) is 16.8 Å². The topological polar surface area (TPSA) is 49.0 Å². The van der Waals surface area contributed by atoms with Crippen LogP contribution >= 0.6 is 15.9 Å². The van der Waals surface area contributed by atoms with E-state index in [1.165, 1.54) is 0 Å². The van der Waals surface area contributed by atoms with Gasteiger partial charge >= 0.3 is 0 Å². The fourth-order valence-electron chi connectivity index (χ4n) is 2.11. The van der Waals surface area contributed by atoms with Crippen molar-refractivity contribution in [2.45, 2.75) is 20.8 Å². The van der Waals surface area contributed by atoms with E-state index in [1.54, 1.807) is 11.1 Å². The molecule has 1 aromatic carbocycles. The third-order valence-corrected chi connectivity index (χ3v) is 3.49. The average molecular weight is 322 g/mol. The molecule has 1 heterocycles. The lowest BCUT2D eigenvalue weighted by Gasteiger charge is -2.21. The van der Waals surface area contributed by atoms with Crippen molar-refractivity contribution in [3.05, 3.63) is 45.7 Å². The molecule has 19 heavy (non-hydrogen) atoms. The molecule has 0 spiro atoms. The molecule has 1 amide bonds. The Morgan fingerprint density at radius 1 is 1.32 bits per heavy atom. The summed E-state index contributed by atoms with van der Waals surface area (Å²) >= 11 is 3.32. The Labute approximate surface area is 120 Å². The molecule has 0 atom stereocenters. The number of nitrogens with zero attached hydrogens (tertiary/aromatic N) is 2. The number of benzene rings is 1. The summed E-state index contributed by atoms with van der Waals surface area (Å²) in [4.78, 5) is 14.2. The smallest absolute Gasteiger partial charge is 0.277 e. The van der Waals surface area contributed by atoms with Crippen molar-refractivity contribution in [2.75, 3.05) is 11.4 Å². The minimum absolute atomic E-state index is 0.0862. The number of aryl methyl sites for hydroxylation is 2. The van der Waals surface area contributed by atoms with Gasteiger partial charge in [0, 0.05) is 12.2 Å². The van der Waals surface area contributed by atoms with Crippen LogP contribution in [-0.4, -0.2) is 22.6 Å². The Hall–Kier alpha value is -1.62. The van der Waals surface area contributed by atoms with Gasteiger partial charge in [-0.3, -0.25) is 9.89 Å². The standard InChI is InChI=1S/C14H16BrN3O/c1-4-18(11-6-9(2)5-10(3)7-11)14(19)13-12(15)8-16-17-13/h5-8H,4H2,1-3H3,(H,16,17). The van der Waals surface area contributed by atoms with Gasteiger partial charge in [0.2, 0.25) is 0 Å². The van der Waals surface area contributed by atoms with Crippen molar-refractivity contribution in [3.8, 4) is 0 Å². The molecule has 1 aromatic heterocycles. The van der Waals surface area contributed by atoms with Crippen LogP contribution in [0.1, 0.15) is 28.5 Å². The van der Waals surface area contributed by atoms with E-state index in [-0.39, 0.29) is 5.91 Å². The first-order valence-corrected chi connectivity index (χ1v) is 6.91. The second kappa shape index (κ2) is 5.57. The number of aromatic amines is 1. The van der Waals surface area contributed by atoms with Gasteiger partial charge in [0.1, 0.15) is 5.69 Å². The van der Waals surface area contributed by atoms with Crippen molar-refractivity contribution in [2.24, 2.45) is 0 Å². The van der Waals surface area contributed by atoms with Crippen LogP contribution in [-0.2, 0) is 0 Å². The molecule has 0 fully saturated rings. The van der Waals surface area contributed by atoms with Crippen molar-refractivity contribution in [3.63, 3.8) is 0 Å². The SMILES string of the molecule is CCN(C(=O)c1[nH]ncc1Br)c1cc(C)cc(C)c1. The number of aromatic nitrogens is 2. The molecule has 0 aliphatic carbocycles.